The van der Waals surface area contributed by atoms with Crippen LogP contribution in [0.2, 0.25) is 0 Å². The molecule has 20 heavy (non-hydrogen) atoms. The van der Waals surface area contributed by atoms with Gasteiger partial charge in [0, 0.05) is 12.5 Å². The van der Waals surface area contributed by atoms with Crippen LogP contribution < -0.4 is 4.74 Å². The zero-order valence-corrected chi connectivity index (χ0v) is 11.0. The summed E-state index contributed by atoms with van der Waals surface area (Å²) in [5.74, 6) is -0.691. The Balaban J connectivity index is 2.36. The van der Waals surface area contributed by atoms with Crippen LogP contribution in [0.5, 0.6) is 5.75 Å². The third-order valence-corrected chi connectivity index (χ3v) is 2.68. The van der Waals surface area contributed by atoms with Gasteiger partial charge in [-0.1, -0.05) is 6.07 Å². The highest BCUT2D eigenvalue weighted by molar-refractivity contribution is 6.06. The van der Waals surface area contributed by atoms with Crippen molar-refractivity contribution in [3.63, 3.8) is 0 Å². The summed E-state index contributed by atoms with van der Waals surface area (Å²) < 4.78 is 9.92. The fourth-order valence-corrected chi connectivity index (χ4v) is 1.86. The summed E-state index contributed by atoms with van der Waals surface area (Å²) in [6.45, 7) is 1.59. The normalized spacial score (nSPS) is 16.0. The molecule has 1 heterocycles. The Morgan fingerprint density at radius 1 is 1.50 bits per heavy atom. The molecule has 6 heteroatoms. The summed E-state index contributed by atoms with van der Waals surface area (Å²) in [6.07, 6.45) is 1.39. The molecule has 1 aromatic rings. The molecule has 104 valence electrons. The van der Waals surface area contributed by atoms with Crippen molar-refractivity contribution in [1.29, 1.82) is 0 Å². The maximum absolute atomic E-state index is 11.5. The second kappa shape index (κ2) is 5.56. The molecule has 1 aromatic carbocycles. The molecule has 6 nitrogen and oxygen atoms in total. The molecular weight excluding hydrogens is 262 g/mol. The summed E-state index contributed by atoms with van der Waals surface area (Å²) >= 11 is 0. The van der Waals surface area contributed by atoms with E-state index in [1.54, 1.807) is 31.2 Å². The Bertz CT molecular complexity index is 630. The Morgan fingerprint density at radius 3 is 2.80 bits per heavy atom. The van der Waals surface area contributed by atoms with E-state index in [1.807, 2.05) is 0 Å². The minimum absolute atomic E-state index is 0.160. The Hall–Kier alpha value is -2.63. The van der Waals surface area contributed by atoms with Gasteiger partial charge in [0.1, 0.15) is 5.75 Å². The number of carboxylic acids is 1. The van der Waals surface area contributed by atoms with Gasteiger partial charge in [0.2, 0.25) is 0 Å². The molecule has 1 aliphatic heterocycles. The van der Waals surface area contributed by atoms with Crippen molar-refractivity contribution in [2.75, 3.05) is 7.11 Å². The summed E-state index contributed by atoms with van der Waals surface area (Å²) in [4.78, 5) is 26.2. The van der Waals surface area contributed by atoms with Crippen LogP contribution in [-0.4, -0.2) is 30.1 Å². The average Bonchev–Trinajstić information content (AvgIpc) is 2.67. The molecule has 0 bridgehead atoms. The molecule has 1 N–H and O–H groups in total. The number of aliphatic imine (C=N–C) groups is 1. The van der Waals surface area contributed by atoms with Gasteiger partial charge in [-0.2, -0.15) is 0 Å². The minimum Gasteiger partial charge on any atom is -0.496 e. The van der Waals surface area contributed by atoms with E-state index in [4.69, 9.17) is 14.6 Å². The average molecular weight is 275 g/mol. The highest BCUT2D eigenvalue weighted by Gasteiger charge is 2.19. The van der Waals surface area contributed by atoms with Crippen molar-refractivity contribution in [2.24, 2.45) is 4.99 Å². The van der Waals surface area contributed by atoms with Crippen LogP contribution in [0.3, 0.4) is 0 Å². The van der Waals surface area contributed by atoms with Gasteiger partial charge in [0.25, 0.3) is 0 Å². The Morgan fingerprint density at radius 2 is 2.25 bits per heavy atom. The minimum atomic E-state index is -0.956. The largest absolute Gasteiger partial charge is 0.496 e. The van der Waals surface area contributed by atoms with Crippen LogP contribution in [0.25, 0.3) is 6.08 Å². The second-order valence-corrected chi connectivity index (χ2v) is 4.19. The number of aliphatic carboxylic acids is 1. The third kappa shape index (κ3) is 3.03. The predicted octanol–water partition coefficient (Wildman–Crippen LogP) is 1.64. The number of methoxy groups -OCH3 is 1. The van der Waals surface area contributed by atoms with Crippen LogP contribution >= 0.6 is 0 Å². The SMILES string of the molecule is COc1ccc(/C=C2\N=C(C)OC2=O)cc1CC(=O)O. The molecule has 0 spiro atoms. The van der Waals surface area contributed by atoms with Crippen molar-refractivity contribution in [1.82, 2.24) is 0 Å². The number of rotatable bonds is 4. The zero-order valence-electron chi connectivity index (χ0n) is 11.0. The molecule has 1 aliphatic rings. The van der Waals surface area contributed by atoms with Crippen molar-refractivity contribution in [3.8, 4) is 5.75 Å². The second-order valence-electron chi connectivity index (χ2n) is 4.19. The van der Waals surface area contributed by atoms with E-state index in [-0.39, 0.29) is 12.1 Å². The van der Waals surface area contributed by atoms with E-state index >= 15 is 0 Å². The number of carbonyl (C=O) groups excluding carboxylic acids is 1. The molecule has 0 aromatic heterocycles. The van der Waals surface area contributed by atoms with Gasteiger partial charge in [0.15, 0.2) is 11.6 Å². The molecule has 0 amide bonds. The zero-order chi connectivity index (χ0) is 14.7. The lowest BCUT2D eigenvalue weighted by atomic mass is 10.1. The number of hydrogen-bond acceptors (Lipinski definition) is 5. The van der Waals surface area contributed by atoms with Gasteiger partial charge in [-0.25, -0.2) is 9.79 Å². The molecule has 0 aliphatic carbocycles. The Kier molecular flexibility index (Phi) is 3.84. The molecule has 0 unspecified atom stereocenters. The van der Waals surface area contributed by atoms with E-state index in [9.17, 15) is 9.59 Å². The van der Waals surface area contributed by atoms with Crippen molar-refractivity contribution in [2.45, 2.75) is 13.3 Å². The Labute approximate surface area is 115 Å². The first-order valence-corrected chi connectivity index (χ1v) is 5.87. The van der Waals surface area contributed by atoms with E-state index in [0.29, 0.717) is 22.8 Å². The number of carbonyl (C=O) groups is 2. The number of nitrogens with zero attached hydrogens (tertiary/aromatic N) is 1. The fourth-order valence-electron chi connectivity index (χ4n) is 1.86. The number of ether oxygens (including phenoxy) is 2. The highest BCUT2D eigenvalue weighted by Crippen LogP contribution is 2.23. The van der Waals surface area contributed by atoms with Crippen molar-refractivity contribution >= 4 is 23.9 Å². The fraction of sp³-hybridized carbons (Fsp3) is 0.214. The maximum Gasteiger partial charge on any atom is 0.363 e. The monoisotopic (exact) mass is 275 g/mol. The van der Waals surface area contributed by atoms with Crippen LogP contribution in [0.15, 0.2) is 28.9 Å². The van der Waals surface area contributed by atoms with Gasteiger partial charge < -0.3 is 14.6 Å². The molecule has 0 atom stereocenters. The molecule has 2 rings (SSSR count). The summed E-state index contributed by atoms with van der Waals surface area (Å²) in [5.41, 5.74) is 1.38. The molecule has 0 saturated heterocycles. The lowest BCUT2D eigenvalue weighted by Crippen LogP contribution is -2.03. The maximum atomic E-state index is 11.5. The predicted molar refractivity (Wildman–Crippen MR) is 71.5 cm³/mol. The van der Waals surface area contributed by atoms with E-state index in [2.05, 4.69) is 4.99 Å². The first kappa shape index (κ1) is 13.8. The summed E-state index contributed by atoms with van der Waals surface area (Å²) in [5, 5.41) is 8.87. The quantitative estimate of drug-likeness (QED) is 0.667. The van der Waals surface area contributed by atoms with Gasteiger partial charge in [0.05, 0.1) is 13.5 Å². The molecule has 0 saturated carbocycles. The number of esters is 1. The van der Waals surface area contributed by atoms with E-state index in [0.717, 1.165) is 0 Å². The van der Waals surface area contributed by atoms with E-state index < -0.39 is 11.9 Å². The summed E-state index contributed by atoms with van der Waals surface area (Å²) in [7, 11) is 1.47. The van der Waals surface area contributed by atoms with Gasteiger partial charge >= 0.3 is 11.9 Å². The number of benzene rings is 1. The number of hydrogen-bond donors (Lipinski definition) is 1. The van der Waals surface area contributed by atoms with Crippen LogP contribution in [0.1, 0.15) is 18.1 Å². The smallest absolute Gasteiger partial charge is 0.363 e. The first-order chi connectivity index (χ1) is 9.49. The van der Waals surface area contributed by atoms with Crippen LogP contribution in [-0.2, 0) is 20.7 Å². The first-order valence-electron chi connectivity index (χ1n) is 5.87. The lowest BCUT2D eigenvalue weighted by Gasteiger charge is -2.07. The molecule has 0 fully saturated rings. The van der Waals surface area contributed by atoms with Crippen molar-refractivity contribution < 1.29 is 24.2 Å². The lowest BCUT2D eigenvalue weighted by molar-refractivity contribution is -0.136. The third-order valence-electron chi connectivity index (χ3n) is 2.68. The van der Waals surface area contributed by atoms with E-state index in [1.165, 1.54) is 7.11 Å². The van der Waals surface area contributed by atoms with Crippen molar-refractivity contribution in [3.05, 3.63) is 35.0 Å². The van der Waals surface area contributed by atoms with Gasteiger partial charge in [-0.15, -0.1) is 0 Å². The number of cyclic esters (lactones) is 1. The molecule has 0 radical (unpaired) electrons. The van der Waals surface area contributed by atoms with Gasteiger partial charge in [-0.05, 0) is 23.8 Å². The summed E-state index contributed by atoms with van der Waals surface area (Å²) in [6, 6.07) is 5.02. The molecular formula is C14H13NO5. The standard InChI is InChI=1S/C14H13NO5/c1-8-15-11(14(18)20-8)6-9-3-4-12(19-2)10(5-9)7-13(16)17/h3-6H,7H2,1-2H3,(H,16,17)/b11-6-. The van der Waals surface area contributed by atoms with Crippen LogP contribution in [0.4, 0.5) is 0 Å². The van der Waals surface area contributed by atoms with Gasteiger partial charge in [-0.3, -0.25) is 4.79 Å². The number of carboxylic acid groups (broad SMARTS) is 1. The topological polar surface area (TPSA) is 85.2 Å². The van der Waals surface area contributed by atoms with Crippen LogP contribution in [0, 0.1) is 0 Å². The highest BCUT2D eigenvalue weighted by atomic mass is 16.6.